The van der Waals surface area contributed by atoms with Gasteiger partial charge in [-0.05, 0) is 56.5 Å². The van der Waals surface area contributed by atoms with Gasteiger partial charge in [0, 0.05) is 6.04 Å². The van der Waals surface area contributed by atoms with Crippen LogP contribution in [-0.4, -0.2) is 31.1 Å². The smallest absolute Gasteiger partial charge is 0.338 e. The number of aryl methyl sites for hydroxylation is 1. The van der Waals surface area contributed by atoms with Crippen LogP contribution in [0.1, 0.15) is 36.2 Å². The fourth-order valence-electron chi connectivity index (χ4n) is 2.47. The van der Waals surface area contributed by atoms with E-state index in [1.54, 1.807) is 31.2 Å². The number of carbonyl (C=O) groups excluding carboxylic acids is 2. The van der Waals surface area contributed by atoms with E-state index < -0.39 is 0 Å². The fraction of sp³-hybridized carbons (Fsp3) is 0.333. The zero-order chi connectivity index (χ0) is 18.8. The lowest BCUT2D eigenvalue weighted by Gasteiger charge is -2.14. The second-order valence-corrected chi connectivity index (χ2v) is 6.03. The minimum absolute atomic E-state index is 0.0611. The molecule has 0 radical (unpaired) electrons. The molecule has 26 heavy (non-hydrogen) atoms. The summed E-state index contributed by atoms with van der Waals surface area (Å²) in [5, 5.41) is 2.93. The third-order valence-electron chi connectivity index (χ3n) is 3.85. The van der Waals surface area contributed by atoms with Gasteiger partial charge in [-0.2, -0.15) is 0 Å². The normalized spacial score (nSPS) is 11.5. The minimum atomic E-state index is -0.371. The molecule has 1 amide bonds. The third kappa shape index (κ3) is 6.59. The molecule has 0 unspecified atom stereocenters. The highest BCUT2D eigenvalue weighted by Gasteiger charge is 2.10. The third-order valence-corrected chi connectivity index (χ3v) is 3.85. The molecule has 2 rings (SSSR count). The van der Waals surface area contributed by atoms with Gasteiger partial charge in [0.15, 0.2) is 6.61 Å². The maximum absolute atomic E-state index is 12.0. The maximum atomic E-state index is 12.0. The molecule has 0 saturated carbocycles. The van der Waals surface area contributed by atoms with Crippen molar-refractivity contribution in [3.8, 4) is 5.75 Å². The summed E-state index contributed by atoms with van der Waals surface area (Å²) in [6.07, 6.45) is 1.78. The van der Waals surface area contributed by atoms with Gasteiger partial charge in [0.05, 0.1) is 12.2 Å². The van der Waals surface area contributed by atoms with Crippen LogP contribution in [0.5, 0.6) is 5.75 Å². The van der Waals surface area contributed by atoms with Crippen LogP contribution >= 0.6 is 0 Å². The Labute approximate surface area is 154 Å². The topological polar surface area (TPSA) is 64.6 Å². The molecule has 0 spiro atoms. The lowest BCUT2D eigenvalue weighted by molar-refractivity contribution is -0.123. The number of hydrogen-bond donors (Lipinski definition) is 1. The monoisotopic (exact) mass is 355 g/mol. The van der Waals surface area contributed by atoms with E-state index in [9.17, 15) is 9.59 Å². The summed E-state index contributed by atoms with van der Waals surface area (Å²) in [5.74, 6) is -0.00537. The quantitative estimate of drug-likeness (QED) is 0.701. The Kier molecular flexibility index (Phi) is 7.68. The van der Waals surface area contributed by atoms with Crippen molar-refractivity contribution < 1.29 is 19.1 Å². The average molecular weight is 355 g/mol. The summed E-state index contributed by atoms with van der Waals surface area (Å²) in [7, 11) is 0. The van der Waals surface area contributed by atoms with Gasteiger partial charge in [-0.3, -0.25) is 4.79 Å². The molecule has 5 nitrogen and oxygen atoms in total. The Bertz CT molecular complexity index is 698. The Balaban J connectivity index is 1.71. The summed E-state index contributed by atoms with van der Waals surface area (Å²) in [6, 6.07) is 16.8. The molecule has 5 heteroatoms. The largest absolute Gasteiger partial charge is 0.484 e. The van der Waals surface area contributed by atoms with E-state index in [0.717, 1.165) is 12.8 Å². The zero-order valence-electron chi connectivity index (χ0n) is 15.2. The number of ether oxygens (including phenoxy) is 2. The van der Waals surface area contributed by atoms with E-state index in [-0.39, 0.29) is 24.5 Å². The molecule has 0 heterocycles. The van der Waals surface area contributed by atoms with E-state index in [1.165, 1.54) is 5.56 Å². The van der Waals surface area contributed by atoms with Crippen LogP contribution in [0.15, 0.2) is 54.6 Å². The molecular formula is C21H25NO4. The van der Waals surface area contributed by atoms with Gasteiger partial charge >= 0.3 is 5.97 Å². The summed E-state index contributed by atoms with van der Waals surface area (Å²) >= 11 is 0. The van der Waals surface area contributed by atoms with Gasteiger partial charge in [-0.25, -0.2) is 4.79 Å². The van der Waals surface area contributed by atoms with Crippen molar-refractivity contribution in [2.24, 2.45) is 0 Å². The molecule has 0 aliphatic rings. The highest BCUT2D eigenvalue weighted by Crippen LogP contribution is 2.13. The van der Waals surface area contributed by atoms with E-state index in [4.69, 9.17) is 9.47 Å². The van der Waals surface area contributed by atoms with Crippen LogP contribution < -0.4 is 10.1 Å². The van der Waals surface area contributed by atoms with Crippen LogP contribution in [0.2, 0.25) is 0 Å². The lowest BCUT2D eigenvalue weighted by atomic mass is 10.1. The second kappa shape index (κ2) is 10.2. The van der Waals surface area contributed by atoms with Crippen molar-refractivity contribution in [3.05, 3.63) is 65.7 Å². The number of hydrogen-bond acceptors (Lipinski definition) is 4. The molecular weight excluding hydrogens is 330 g/mol. The van der Waals surface area contributed by atoms with Crippen LogP contribution in [0.4, 0.5) is 0 Å². The van der Waals surface area contributed by atoms with Crippen molar-refractivity contribution >= 4 is 11.9 Å². The van der Waals surface area contributed by atoms with Crippen molar-refractivity contribution in [1.29, 1.82) is 0 Å². The summed E-state index contributed by atoms with van der Waals surface area (Å²) in [4.78, 5) is 23.6. The number of esters is 1. The maximum Gasteiger partial charge on any atom is 0.338 e. The Morgan fingerprint density at radius 3 is 2.38 bits per heavy atom. The van der Waals surface area contributed by atoms with Crippen LogP contribution in [0.25, 0.3) is 0 Å². The number of rotatable bonds is 9. The Hall–Kier alpha value is -2.82. The molecule has 2 aromatic carbocycles. The Morgan fingerprint density at radius 1 is 1.04 bits per heavy atom. The van der Waals surface area contributed by atoms with Crippen molar-refractivity contribution in [1.82, 2.24) is 5.32 Å². The molecule has 0 aromatic heterocycles. The van der Waals surface area contributed by atoms with E-state index in [1.807, 2.05) is 25.1 Å². The predicted octanol–water partition coefficient (Wildman–Crippen LogP) is 3.38. The summed E-state index contributed by atoms with van der Waals surface area (Å²) < 4.78 is 10.4. The minimum Gasteiger partial charge on any atom is -0.484 e. The molecule has 138 valence electrons. The van der Waals surface area contributed by atoms with Gasteiger partial charge in [0.25, 0.3) is 5.91 Å². The number of amides is 1. The number of carbonyl (C=O) groups is 2. The zero-order valence-corrected chi connectivity index (χ0v) is 15.2. The van der Waals surface area contributed by atoms with Gasteiger partial charge in [-0.1, -0.05) is 30.3 Å². The SMILES string of the molecule is CCOC(=O)c1ccc(OCC(=O)N[C@H](C)CCc2ccccc2)cc1. The van der Waals surface area contributed by atoms with E-state index >= 15 is 0 Å². The van der Waals surface area contributed by atoms with Crippen LogP contribution in [0.3, 0.4) is 0 Å². The van der Waals surface area contributed by atoms with Gasteiger partial charge < -0.3 is 14.8 Å². The first-order chi connectivity index (χ1) is 12.6. The van der Waals surface area contributed by atoms with E-state index in [0.29, 0.717) is 17.9 Å². The second-order valence-electron chi connectivity index (χ2n) is 6.03. The number of nitrogens with one attached hydrogen (secondary N) is 1. The van der Waals surface area contributed by atoms with Gasteiger partial charge in [0.1, 0.15) is 5.75 Å². The molecule has 0 aliphatic carbocycles. The highest BCUT2D eigenvalue weighted by atomic mass is 16.5. The molecule has 0 bridgehead atoms. The first-order valence-electron chi connectivity index (χ1n) is 8.81. The van der Waals surface area contributed by atoms with E-state index in [2.05, 4.69) is 17.4 Å². The standard InChI is InChI=1S/C21H25NO4/c1-3-25-21(24)18-11-13-19(14-12-18)26-15-20(23)22-16(2)9-10-17-7-5-4-6-8-17/h4-8,11-14,16H,3,9-10,15H2,1-2H3,(H,22,23)/t16-/m1/s1. The van der Waals surface area contributed by atoms with Gasteiger partial charge in [0.2, 0.25) is 0 Å². The van der Waals surface area contributed by atoms with Crippen molar-refractivity contribution in [2.45, 2.75) is 32.7 Å². The molecule has 0 fully saturated rings. The summed E-state index contributed by atoms with van der Waals surface area (Å²) in [5.41, 5.74) is 1.71. The molecule has 1 N–H and O–H groups in total. The van der Waals surface area contributed by atoms with Crippen molar-refractivity contribution in [2.75, 3.05) is 13.2 Å². The highest BCUT2D eigenvalue weighted by molar-refractivity contribution is 5.89. The lowest BCUT2D eigenvalue weighted by Crippen LogP contribution is -2.36. The first-order valence-corrected chi connectivity index (χ1v) is 8.81. The number of benzene rings is 2. The van der Waals surface area contributed by atoms with Crippen molar-refractivity contribution in [3.63, 3.8) is 0 Å². The Morgan fingerprint density at radius 2 is 1.73 bits per heavy atom. The van der Waals surface area contributed by atoms with Gasteiger partial charge in [-0.15, -0.1) is 0 Å². The fourth-order valence-corrected chi connectivity index (χ4v) is 2.47. The summed E-state index contributed by atoms with van der Waals surface area (Å²) in [6.45, 7) is 4.01. The molecule has 0 aliphatic heterocycles. The molecule has 1 atom stereocenters. The average Bonchev–Trinajstić information content (AvgIpc) is 2.66. The molecule has 0 saturated heterocycles. The molecule has 2 aromatic rings. The predicted molar refractivity (Wildman–Crippen MR) is 100 cm³/mol. The first kappa shape index (κ1) is 19.5. The van der Waals surface area contributed by atoms with Crippen LogP contribution in [0, 0.1) is 0 Å². The van der Waals surface area contributed by atoms with Crippen LogP contribution in [-0.2, 0) is 16.0 Å².